The molecule has 3 rings (SSSR count). The summed E-state index contributed by atoms with van der Waals surface area (Å²) < 4.78 is 32.3. The monoisotopic (exact) mass is 332 g/mol. The molecule has 1 amide bonds. The number of nitrogens with one attached hydrogen (secondary N) is 1. The van der Waals surface area contributed by atoms with Gasteiger partial charge in [0.2, 0.25) is 0 Å². The molecule has 0 saturated carbocycles. The molecule has 1 atom stereocenters. The van der Waals surface area contributed by atoms with Crippen molar-refractivity contribution in [3.8, 4) is 5.75 Å². The van der Waals surface area contributed by atoms with Gasteiger partial charge in [0, 0.05) is 25.2 Å². The van der Waals surface area contributed by atoms with Crippen LogP contribution in [0, 0.1) is 11.6 Å². The largest absolute Gasteiger partial charge is 0.494 e. The minimum Gasteiger partial charge on any atom is -0.494 e. The van der Waals surface area contributed by atoms with Crippen molar-refractivity contribution in [3.05, 3.63) is 65.2 Å². The fraction of sp³-hybridized carbons (Fsp3) is 0.278. The van der Waals surface area contributed by atoms with E-state index in [1.54, 1.807) is 17.0 Å². The summed E-state index contributed by atoms with van der Waals surface area (Å²) in [5, 5.41) is 3.21. The Kier molecular flexibility index (Phi) is 4.76. The maximum Gasteiger partial charge on any atom is 0.254 e. The Morgan fingerprint density at radius 3 is 2.79 bits per heavy atom. The first-order valence-corrected chi connectivity index (χ1v) is 7.71. The zero-order chi connectivity index (χ0) is 17.1. The van der Waals surface area contributed by atoms with E-state index in [0.717, 1.165) is 0 Å². The number of rotatable bonds is 3. The van der Waals surface area contributed by atoms with E-state index in [0.29, 0.717) is 25.2 Å². The summed E-state index contributed by atoms with van der Waals surface area (Å²) in [6, 6.07) is 10.0. The average Bonchev–Trinajstić information content (AvgIpc) is 2.61. The van der Waals surface area contributed by atoms with Crippen LogP contribution in [-0.4, -0.2) is 37.6 Å². The lowest BCUT2D eigenvalue weighted by atomic mass is 10.0. The smallest absolute Gasteiger partial charge is 0.254 e. The van der Waals surface area contributed by atoms with E-state index in [2.05, 4.69) is 5.32 Å². The molecule has 1 fully saturated rings. The van der Waals surface area contributed by atoms with Gasteiger partial charge in [-0.3, -0.25) is 4.79 Å². The molecule has 0 spiro atoms. The maximum atomic E-state index is 13.9. The lowest BCUT2D eigenvalue weighted by molar-refractivity contribution is 0.0633. The Hall–Kier alpha value is -2.47. The third kappa shape index (κ3) is 3.23. The van der Waals surface area contributed by atoms with Crippen LogP contribution in [0.1, 0.15) is 22.0 Å². The van der Waals surface area contributed by atoms with Gasteiger partial charge in [-0.15, -0.1) is 0 Å². The van der Waals surface area contributed by atoms with E-state index < -0.39 is 5.82 Å². The number of hydrogen-bond acceptors (Lipinski definition) is 3. The highest BCUT2D eigenvalue weighted by Crippen LogP contribution is 2.26. The Labute approximate surface area is 139 Å². The summed E-state index contributed by atoms with van der Waals surface area (Å²) in [5.74, 6) is -1.12. The first-order chi connectivity index (χ1) is 11.6. The highest BCUT2D eigenvalue weighted by molar-refractivity contribution is 5.94. The van der Waals surface area contributed by atoms with E-state index in [1.165, 1.54) is 37.4 Å². The summed E-state index contributed by atoms with van der Waals surface area (Å²) in [7, 11) is 1.37. The van der Waals surface area contributed by atoms with Gasteiger partial charge in [0.25, 0.3) is 5.91 Å². The van der Waals surface area contributed by atoms with Gasteiger partial charge >= 0.3 is 0 Å². The van der Waals surface area contributed by atoms with Gasteiger partial charge in [-0.2, -0.15) is 0 Å². The second-order valence-corrected chi connectivity index (χ2v) is 5.62. The minimum absolute atomic E-state index is 0.0912. The number of piperazine rings is 1. The number of ether oxygens (including phenoxy) is 1. The first-order valence-electron chi connectivity index (χ1n) is 7.71. The van der Waals surface area contributed by atoms with Crippen LogP contribution in [0.5, 0.6) is 5.75 Å². The molecule has 1 N–H and O–H groups in total. The molecule has 1 aliphatic heterocycles. The van der Waals surface area contributed by atoms with Crippen molar-refractivity contribution in [2.45, 2.75) is 6.04 Å². The van der Waals surface area contributed by atoms with Crippen molar-refractivity contribution < 1.29 is 18.3 Å². The van der Waals surface area contributed by atoms with E-state index in [-0.39, 0.29) is 29.1 Å². The number of halogens is 2. The second-order valence-electron chi connectivity index (χ2n) is 5.62. The van der Waals surface area contributed by atoms with Crippen molar-refractivity contribution in [1.29, 1.82) is 0 Å². The molecule has 1 saturated heterocycles. The minimum atomic E-state index is -0.583. The first kappa shape index (κ1) is 16.4. The van der Waals surface area contributed by atoms with Gasteiger partial charge in [0.05, 0.1) is 13.2 Å². The summed E-state index contributed by atoms with van der Waals surface area (Å²) in [4.78, 5) is 14.5. The van der Waals surface area contributed by atoms with Gasteiger partial charge in [0.1, 0.15) is 5.82 Å². The Morgan fingerprint density at radius 1 is 1.25 bits per heavy atom. The summed E-state index contributed by atoms with van der Waals surface area (Å²) in [6.45, 7) is 1.62. The van der Waals surface area contributed by atoms with Crippen LogP contribution in [0.4, 0.5) is 8.78 Å². The molecule has 1 heterocycles. The highest BCUT2D eigenvalue weighted by Gasteiger charge is 2.29. The molecule has 0 aromatic heterocycles. The number of nitrogens with zero attached hydrogens (tertiary/aromatic N) is 1. The number of carbonyl (C=O) groups excluding carboxylic acids is 1. The Balaban J connectivity index is 1.90. The van der Waals surface area contributed by atoms with Crippen molar-refractivity contribution in [1.82, 2.24) is 10.2 Å². The van der Waals surface area contributed by atoms with Crippen molar-refractivity contribution in [3.63, 3.8) is 0 Å². The lowest BCUT2D eigenvalue weighted by Crippen LogP contribution is -2.48. The number of benzene rings is 2. The predicted molar refractivity (Wildman–Crippen MR) is 86.0 cm³/mol. The third-order valence-corrected chi connectivity index (χ3v) is 4.14. The van der Waals surface area contributed by atoms with Crippen LogP contribution >= 0.6 is 0 Å². The van der Waals surface area contributed by atoms with E-state index in [1.807, 2.05) is 0 Å². The van der Waals surface area contributed by atoms with Gasteiger partial charge < -0.3 is 15.0 Å². The van der Waals surface area contributed by atoms with E-state index in [4.69, 9.17) is 4.74 Å². The predicted octanol–water partition coefficient (Wildman–Crippen LogP) is 2.76. The number of amides is 1. The molecular formula is C18H18F2N2O2. The van der Waals surface area contributed by atoms with Crippen LogP contribution in [0.2, 0.25) is 0 Å². The van der Waals surface area contributed by atoms with Crippen LogP contribution in [-0.2, 0) is 0 Å². The zero-order valence-electron chi connectivity index (χ0n) is 13.3. The van der Waals surface area contributed by atoms with Crippen molar-refractivity contribution >= 4 is 5.91 Å². The SMILES string of the molecule is COc1ccc(C(=O)N2CCNCC2c2cccc(F)c2)cc1F. The van der Waals surface area contributed by atoms with Crippen LogP contribution in [0.15, 0.2) is 42.5 Å². The van der Waals surface area contributed by atoms with Crippen molar-refractivity contribution in [2.75, 3.05) is 26.7 Å². The molecular weight excluding hydrogens is 314 g/mol. The lowest BCUT2D eigenvalue weighted by Gasteiger charge is -2.36. The molecule has 0 aliphatic carbocycles. The van der Waals surface area contributed by atoms with E-state index in [9.17, 15) is 13.6 Å². The molecule has 2 aromatic carbocycles. The number of hydrogen-bond donors (Lipinski definition) is 1. The van der Waals surface area contributed by atoms with Gasteiger partial charge in [-0.25, -0.2) is 8.78 Å². The number of carbonyl (C=O) groups is 1. The fourth-order valence-corrected chi connectivity index (χ4v) is 2.92. The molecule has 4 nitrogen and oxygen atoms in total. The normalized spacial score (nSPS) is 17.6. The zero-order valence-corrected chi connectivity index (χ0v) is 13.3. The molecule has 2 aromatic rings. The number of methoxy groups -OCH3 is 1. The Bertz CT molecular complexity index is 752. The Morgan fingerprint density at radius 2 is 2.08 bits per heavy atom. The topological polar surface area (TPSA) is 41.6 Å². The molecule has 6 heteroatoms. The van der Waals surface area contributed by atoms with Crippen LogP contribution in [0.25, 0.3) is 0 Å². The van der Waals surface area contributed by atoms with Crippen LogP contribution < -0.4 is 10.1 Å². The fourth-order valence-electron chi connectivity index (χ4n) is 2.92. The molecule has 24 heavy (non-hydrogen) atoms. The summed E-state index contributed by atoms with van der Waals surface area (Å²) in [5.41, 5.74) is 0.959. The van der Waals surface area contributed by atoms with E-state index >= 15 is 0 Å². The van der Waals surface area contributed by atoms with Gasteiger partial charge in [-0.05, 0) is 35.9 Å². The van der Waals surface area contributed by atoms with Gasteiger partial charge in [-0.1, -0.05) is 12.1 Å². The summed E-state index contributed by atoms with van der Waals surface area (Å²) >= 11 is 0. The second kappa shape index (κ2) is 6.97. The molecule has 1 unspecified atom stereocenters. The standard InChI is InChI=1S/C18H18F2N2O2/c1-24-17-6-5-13(10-15(17)20)18(23)22-8-7-21-11-16(22)12-3-2-4-14(19)9-12/h2-6,9-10,16,21H,7-8,11H2,1H3. The summed E-state index contributed by atoms with van der Waals surface area (Å²) in [6.07, 6.45) is 0. The van der Waals surface area contributed by atoms with Crippen molar-refractivity contribution in [2.24, 2.45) is 0 Å². The highest BCUT2D eigenvalue weighted by atomic mass is 19.1. The quantitative estimate of drug-likeness (QED) is 0.940. The maximum absolute atomic E-state index is 13.9. The molecule has 0 radical (unpaired) electrons. The van der Waals surface area contributed by atoms with Crippen LogP contribution in [0.3, 0.4) is 0 Å². The molecule has 0 bridgehead atoms. The molecule has 126 valence electrons. The van der Waals surface area contributed by atoms with Gasteiger partial charge in [0.15, 0.2) is 11.6 Å². The average molecular weight is 332 g/mol. The third-order valence-electron chi connectivity index (χ3n) is 4.14. The molecule has 1 aliphatic rings.